The second-order valence-electron chi connectivity index (χ2n) is 4.18. The van der Waals surface area contributed by atoms with Crippen LogP contribution in [0.15, 0.2) is 16.5 Å². The van der Waals surface area contributed by atoms with Crippen LogP contribution in [0.4, 0.5) is 0 Å². The van der Waals surface area contributed by atoms with Crippen LogP contribution in [0.2, 0.25) is 0 Å². The molecule has 1 atom stereocenters. The van der Waals surface area contributed by atoms with Crippen molar-refractivity contribution in [3.05, 3.63) is 23.7 Å². The molecular weight excluding hydrogens is 216 g/mol. The van der Waals surface area contributed by atoms with Crippen molar-refractivity contribution in [2.75, 3.05) is 19.7 Å². The molecule has 0 saturated heterocycles. The maximum absolute atomic E-state index is 8.67. The number of nitrogens with one attached hydrogen (secondary N) is 1. The number of aliphatic hydroxyl groups is 1. The molecule has 1 unspecified atom stereocenters. The van der Waals surface area contributed by atoms with Crippen molar-refractivity contribution in [3.63, 3.8) is 0 Å². The Hall–Kier alpha value is -0.840. The summed E-state index contributed by atoms with van der Waals surface area (Å²) in [6.45, 7) is 3.79. The maximum Gasteiger partial charge on any atom is 0.122 e. The van der Waals surface area contributed by atoms with Crippen LogP contribution in [-0.2, 0) is 6.42 Å². The van der Waals surface area contributed by atoms with Crippen LogP contribution in [0.1, 0.15) is 43.7 Å². The van der Waals surface area contributed by atoms with E-state index in [-0.39, 0.29) is 12.6 Å². The minimum atomic E-state index is 0.101. The van der Waals surface area contributed by atoms with Gasteiger partial charge in [0.15, 0.2) is 0 Å². The molecule has 0 aliphatic rings. The van der Waals surface area contributed by atoms with Gasteiger partial charge in [0.25, 0.3) is 0 Å². The van der Waals surface area contributed by atoms with Crippen LogP contribution in [0, 0.1) is 0 Å². The highest BCUT2D eigenvalue weighted by Crippen LogP contribution is 2.16. The van der Waals surface area contributed by atoms with Gasteiger partial charge >= 0.3 is 0 Å². The Morgan fingerprint density at radius 2 is 2.18 bits per heavy atom. The molecule has 4 N–H and O–H groups in total. The fourth-order valence-electron chi connectivity index (χ4n) is 1.76. The number of rotatable bonds is 9. The highest BCUT2D eigenvalue weighted by molar-refractivity contribution is 5.11. The fourth-order valence-corrected chi connectivity index (χ4v) is 1.76. The van der Waals surface area contributed by atoms with E-state index in [2.05, 4.69) is 12.2 Å². The molecule has 1 aromatic heterocycles. The lowest BCUT2D eigenvalue weighted by atomic mass is 10.2. The molecule has 0 aromatic carbocycles. The molecule has 17 heavy (non-hydrogen) atoms. The summed E-state index contributed by atoms with van der Waals surface area (Å²) in [7, 11) is 0. The first-order valence-corrected chi connectivity index (χ1v) is 6.44. The van der Waals surface area contributed by atoms with Gasteiger partial charge in [0.2, 0.25) is 0 Å². The molecule has 0 amide bonds. The molecule has 0 aliphatic carbocycles. The van der Waals surface area contributed by atoms with E-state index in [0.717, 1.165) is 43.7 Å². The van der Waals surface area contributed by atoms with Gasteiger partial charge in [-0.05, 0) is 37.9 Å². The van der Waals surface area contributed by atoms with Crippen molar-refractivity contribution in [2.45, 2.75) is 38.6 Å². The van der Waals surface area contributed by atoms with E-state index in [4.69, 9.17) is 15.3 Å². The summed E-state index contributed by atoms with van der Waals surface area (Å²) in [4.78, 5) is 0. The highest BCUT2D eigenvalue weighted by Gasteiger charge is 2.12. The zero-order valence-corrected chi connectivity index (χ0v) is 10.6. The molecule has 1 aromatic rings. The lowest BCUT2D eigenvalue weighted by Gasteiger charge is -2.14. The normalized spacial score (nSPS) is 12.9. The molecule has 1 rings (SSSR count). The average molecular weight is 240 g/mol. The molecule has 0 aliphatic heterocycles. The number of hydrogen-bond donors (Lipinski definition) is 3. The lowest BCUT2D eigenvalue weighted by molar-refractivity contribution is 0.282. The Morgan fingerprint density at radius 3 is 2.76 bits per heavy atom. The first-order valence-electron chi connectivity index (χ1n) is 6.44. The van der Waals surface area contributed by atoms with Gasteiger partial charge in [0.1, 0.15) is 11.5 Å². The minimum Gasteiger partial charge on any atom is -0.464 e. The van der Waals surface area contributed by atoms with E-state index in [0.29, 0.717) is 6.54 Å². The molecule has 0 radical (unpaired) electrons. The Labute approximate surface area is 103 Å². The Kier molecular flexibility index (Phi) is 6.93. The van der Waals surface area contributed by atoms with Crippen LogP contribution in [-0.4, -0.2) is 24.8 Å². The maximum atomic E-state index is 8.67. The molecule has 0 bridgehead atoms. The van der Waals surface area contributed by atoms with Gasteiger partial charge < -0.3 is 20.6 Å². The predicted molar refractivity (Wildman–Crippen MR) is 68.8 cm³/mol. The molecule has 0 spiro atoms. The van der Waals surface area contributed by atoms with Crippen LogP contribution in [0.5, 0.6) is 0 Å². The van der Waals surface area contributed by atoms with E-state index >= 15 is 0 Å². The molecule has 4 nitrogen and oxygen atoms in total. The van der Waals surface area contributed by atoms with Gasteiger partial charge in [-0.25, -0.2) is 0 Å². The van der Waals surface area contributed by atoms with Crippen LogP contribution in [0.3, 0.4) is 0 Å². The van der Waals surface area contributed by atoms with E-state index in [1.165, 1.54) is 0 Å². The van der Waals surface area contributed by atoms with Gasteiger partial charge in [-0.3, -0.25) is 0 Å². The molecule has 0 saturated carbocycles. The fraction of sp³-hybridized carbons (Fsp3) is 0.692. The summed E-state index contributed by atoms with van der Waals surface area (Å²) in [5.41, 5.74) is 5.73. The summed E-state index contributed by atoms with van der Waals surface area (Å²) in [6, 6.07) is 4.10. The minimum absolute atomic E-state index is 0.101. The summed E-state index contributed by atoms with van der Waals surface area (Å²) >= 11 is 0. The van der Waals surface area contributed by atoms with Gasteiger partial charge in [0, 0.05) is 19.6 Å². The highest BCUT2D eigenvalue weighted by atomic mass is 16.3. The molecular formula is C13H24N2O2. The third kappa shape index (κ3) is 4.89. The molecule has 0 fully saturated rings. The summed E-state index contributed by atoms with van der Waals surface area (Å²) in [6.07, 6.45) is 3.88. The zero-order chi connectivity index (χ0) is 12.5. The number of furan rings is 1. The summed E-state index contributed by atoms with van der Waals surface area (Å²) < 4.78 is 5.68. The van der Waals surface area contributed by atoms with E-state index in [1.807, 2.05) is 12.1 Å². The Morgan fingerprint density at radius 1 is 1.35 bits per heavy atom. The third-order valence-corrected chi connectivity index (χ3v) is 2.84. The monoisotopic (exact) mass is 240 g/mol. The van der Waals surface area contributed by atoms with Crippen molar-refractivity contribution in [1.82, 2.24) is 5.32 Å². The Bertz CT molecular complexity index is 299. The van der Waals surface area contributed by atoms with Crippen LogP contribution < -0.4 is 11.1 Å². The number of hydrogen-bond acceptors (Lipinski definition) is 4. The zero-order valence-electron chi connectivity index (χ0n) is 10.6. The molecule has 4 heteroatoms. The summed E-state index contributed by atoms with van der Waals surface area (Å²) in [5.74, 6) is 1.92. The SMILES string of the molecule is CCc1ccc(C(CN)NCCCCCO)o1. The predicted octanol–water partition coefficient (Wildman–Crippen LogP) is 1.59. The van der Waals surface area contributed by atoms with Crippen molar-refractivity contribution < 1.29 is 9.52 Å². The van der Waals surface area contributed by atoms with Crippen molar-refractivity contribution in [2.24, 2.45) is 5.73 Å². The smallest absolute Gasteiger partial charge is 0.122 e. The standard InChI is InChI=1S/C13H24N2O2/c1-2-11-6-7-13(17-11)12(10-14)15-8-4-3-5-9-16/h6-7,12,15-16H,2-5,8-10,14H2,1H3. The van der Waals surface area contributed by atoms with Gasteiger partial charge in [-0.2, -0.15) is 0 Å². The number of aryl methyl sites for hydroxylation is 1. The first-order chi connectivity index (χ1) is 8.31. The van der Waals surface area contributed by atoms with E-state index < -0.39 is 0 Å². The van der Waals surface area contributed by atoms with Gasteiger partial charge in [-0.15, -0.1) is 0 Å². The number of unbranched alkanes of at least 4 members (excludes halogenated alkanes) is 2. The third-order valence-electron chi connectivity index (χ3n) is 2.84. The van der Waals surface area contributed by atoms with Gasteiger partial charge in [-0.1, -0.05) is 6.92 Å². The second kappa shape index (κ2) is 8.28. The first kappa shape index (κ1) is 14.2. The van der Waals surface area contributed by atoms with Crippen molar-refractivity contribution in [1.29, 1.82) is 0 Å². The Balaban J connectivity index is 2.32. The summed E-state index contributed by atoms with van der Waals surface area (Å²) in [5, 5.41) is 12.1. The molecule has 1 heterocycles. The van der Waals surface area contributed by atoms with Crippen molar-refractivity contribution in [3.8, 4) is 0 Å². The van der Waals surface area contributed by atoms with Crippen LogP contribution >= 0.6 is 0 Å². The topological polar surface area (TPSA) is 71.4 Å². The van der Waals surface area contributed by atoms with Crippen LogP contribution in [0.25, 0.3) is 0 Å². The second-order valence-corrected chi connectivity index (χ2v) is 4.18. The number of nitrogens with two attached hydrogens (primary N) is 1. The van der Waals surface area contributed by atoms with Gasteiger partial charge in [0.05, 0.1) is 6.04 Å². The van der Waals surface area contributed by atoms with E-state index in [9.17, 15) is 0 Å². The van der Waals surface area contributed by atoms with Crippen molar-refractivity contribution >= 4 is 0 Å². The number of aliphatic hydroxyl groups excluding tert-OH is 1. The molecule has 98 valence electrons. The largest absolute Gasteiger partial charge is 0.464 e. The lowest BCUT2D eigenvalue weighted by Crippen LogP contribution is -2.28. The van der Waals surface area contributed by atoms with E-state index in [1.54, 1.807) is 0 Å². The average Bonchev–Trinajstić information content (AvgIpc) is 2.82. The quantitative estimate of drug-likeness (QED) is 0.573.